The lowest BCUT2D eigenvalue weighted by Crippen LogP contribution is -2.42. The standard InChI is InChI=1S/C27H39N5O3/c1-5-30-15-9-12-22(30)18-28-25(33)23-19-29-32(21-10-7-6-8-11-21)24(23)20-13-16-31(17-14-20)26(34)35-27(2,3)4/h6-8,10-11,19-20,22H,5,9,12-18H2,1-4H3,(H,28,33). The van der Waals surface area contributed by atoms with E-state index in [1.54, 1.807) is 11.1 Å². The van der Waals surface area contributed by atoms with Crippen molar-refractivity contribution in [2.75, 3.05) is 32.7 Å². The van der Waals surface area contributed by atoms with Crippen molar-refractivity contribution >= 4 is 12.0 Å². The van der Waals surface area contributed by atoms with Crippen LogP contribution < -0.4 is 5.32 Å². The van der Waals surface area contributed by atoms with Gasteiger partial charge in [0.2, 0.25) is 0 Å². The van der Waals surface area contributed by atoms with Gasteiger partial charge in [-0.2, -0.15) is 5.10 Å². The summed E-state index contributed by atoms with van der Waals surface area (Å²) in [6, 6.07) is 10.3. The molecular formula is C27H39N5O3. The molecule has 2 aliphatic heterocycles. The van der Waals surface area contributed by atoms with Crippen molar-refractivity contribution in [3.8, 4) is 5.69 Å². The van der Waals surface area contributed by atoms with Crippen LogP contribution in [0.2, 0.25) is 0 Å². The summed E-state index contributed by atoms with van der Waals surface area (Å²) in [5.41, 5.74) is 1.98. The summed E-state index contributed by atoms with van der Waals surface area (Å²) in [4.78, 5) is 30.1. The predicted octanol–water partition coefficient (Wildman–Crippen LogP) is 4.20. The molecule has 1 atom stereocenters. The molecule has 1 N–H and O–H groups in total. The van der Waals surface area contributed by atoms with Crippen LogP contribution in [0.25, 0.3) is 5.69 Å². The van der Waals surface area contributed by atoms with E-state index in [4.69, 9.17) is 4.74 Å². The molecule has 3 heterocycles. The lowest BCUT2D eigenvalue weighted by molar-refractivity contribution is 0.0203. The van der Waals surface area contributed by atoms with Gasteiger partial charge in [-0.3, -0.25) is 9.69 Å². The number of likely N-dealkylation sites (N-methyl/N-ethyl adjacent to an activating group) is 1. The average molecular weight is 482 g/mol. The van der Waals surface area contributed by atoms with E-state index in [0.29, 0.717) is 31.2 Å². The number of nitrogens with one attached hydrogen (secondary N) is 1. The number of nitrogens with zero attached hydrogens (tertiary/aromatic N) is 4. The first-order valence-corrected chi connectivity index (χ1v) is 12.9. The molecule has 8 heteroatoms. The highest BCUT2D eigenvalue weighted by Gasteiger charge is 2.32. The highest BCUT2D eigenvalue weighted by Crippen LogP contribution is 2.33. The van der Waals surface area contributed by atoms with Gasteiger partial charge in [-0.15, -0.1) is 0 Å². The quantitative estimate of drug-likeness (QED) is 0.669. The third-order valence-electron chi connectivity index (χ3n) is 6.99. The molecule has 2 aliphatic rings. The van der Waals surface area contributed by atoms with Crippen LogP contribution in [-0.2, 0) is 4.74 Å². The van der Waals surface area contributed by atoms with Gasteiger partial charge in [0.25, 0.3) is 5.91 Å². The Kier molecular flexibility index (Phi) is 7.79. The molecule has 0 spiro atoms. The summed E-state index contributed by atoms with van der Waals surface area (Å²) in [5, 5.41) is 7.82. The number of piperidine rings is 1. The van der Waals surface area contributed by atoms with Crippen molar-refractivity contribution in [3.05, 3.63) is 47.8 Å². The van der Waals surface area contributed by atoms with Crippen LogP contribution in [0.4, 0.5) is 4.79 Å². The number of benzene rings is 1. The molecule has 0 radical (unpaired) electrons. The molecule has 0 aliphatic carbocycles. The number of para-hydroxylation sites is 1. The van der Waals surface area contributed by atoms with E-state index < -0.39 is 5.60 Å². The second-order valence-corrected chi connectivity index (χ2v) is 10.6. The van der Waals surface area contributed by atoms with Crippen LogP contribution in [-0.4, -0.2) is 75.9 Å². The third-order valence-corrected chi connectivity index (χ3v) is 6.99. The van der Waals surface area contributed by atoms with Gasteiger partial charge >= 0.3 is 6.09 Å². The van der Waals surface area contributed by atoms with Crippen molar-refractivity contribution in [1.82, 2.24) is 24.9 Å². The van der Waals surface area contributed by atoms with Crippen molar-refractivity contribution < 1.29 is 14.3 Å². The summed E-state index contributed by atoms with van der Waals surface area (Å²) in [7, 11) is 0. The SMILES string of the molecule is CCN1CCCC1CNC(=O)c1cnn(-c2ccccc2)c1C1CCN(C(=O)OC(C)(C)C)CC1. The summed E-state index contributed by atoms with van der Waals surface area (Å²) in [5.74, 6) is 0.0514. The topological polar surface area (TPSA) is 79.7 Å². The minimum Gasteiger partial charge on any atom is -0.444 e. The van der Waals surface area contributed by atoms with Crippen molar-refractivity contribution in [2.24, 2.45) is 0 Å². The Bertz CT molecular complexity index is 1010. The van der Waals surface area contributed by atoms with Crippen molar-refractivity contribution in [1.29, 1.82) is 0 Å². The van der Waals surface area contributed by atoms with E-state index in [-0.39, 0.29) is 17.9 Å². The van der Waals surface area contributed by atoms with E-state index in [2.05, 4.69) is 22.2 Å². The van der Waals surface area contributed by atoms with Crippen LogP contribution >= 0.6 is 0 Å². The van der Waals surface area contributed by atoms with Gasteiger partial charge in [0.15, 0.2) is 0 Å². The molecule has 1 aromatic heterocycles. The maximum absolute atomic E-state index is 13.4. The van der Waals surface area contributed by atoms with Gasteiger partial charge in [0, 0.05) is 31.6 Å². The fourth-order valence-electron chi connectivity index (χ4n) is 5.21. The molecule has 0 saturated carbocycles. The average Bonchev–Trinajstić information content (AvgIpc) is 3.49. The van der Waals surface area contributed by atoms with E-state index in [0.717, 1.165) is 43.7 Å². The molecular weight excluding hydrogens is 442 g/mol. The Morgan fingerprint density at radius 3 is 2.46 bits per heavy atom. The molecule has 2 fully saturated rings. The van der Waals surface area contributed by atoms with Crippen molar-refractivity contribution in [2.45, 2.75) is 70.9 Å². The van der Waals surface area contributed by atoms with Gasteiger partial charge in [-0.1, -0.05) is 25.1 Å². The molecule has 0 bridgehead atoms. The van der Waals surface area contributed by atoms with Gasteiger partial charge in [-0.05, 0) is 71.7 Å². The number of hydrogen-bond donors (Lipinski definition) is 1. The second kappa shape index (κ2) is 10.8. The van der Waals surface area contributed by atoms with E-state index in [1.165, 1.54) is 6.42 Å². The Labute approximate surface area is 208 Å². The monoisotopic (exact) mass is 481 g/mol. The predicted molar refractivity (Wildman–Crippen MR) is 136 cm³/mol. The largest absolute Gasteiger partial charge is 0.444 e. The fraction of sp³-hybridized carbons (Fsp3) is 0.593. The van der Waals surface area contributed by atoms with Gasteiger partial charge in [-0.25, -0.2) is 9.48 Å². The summed E-state index contributed by atoms with van der Waals surface area (Å²) >= 11 is 0. The van der Waals surface area contributed by atoms with Crippen LogP contribution in [0.15, 0.2) is 36.5 Å². The Hall–Kier alpha value is -2.87. The fourth-order valence-corrected chi connectivity index (χ4v) is 5.21. The first kappa shape index (κ1) is 25.2. The van der Waals surface area contributed by atoms with Gasteiger partial charge < -0.3 is 15.0 Å². The highest BCUT2D eigenvalue weighted by molar-refractivity contribution is 5.95. The van der Waals surface area contributed by atoms with Crippen LogP contribution in [0, 0.1) is 0 Å². The zero-order chi connectivity index (χ0) is 25.0. The smallest absolute Gasteiger partial charge is 0.410 e. The summed E-state index contributed by atoms with van der Waals surface area (Å²) in [6.45, 7) is 11.8. The Balaban J connectivity index is 1.52. The number of likely N-dealkylation sites (tertiary alicyclic amines) is 2. The number of rotatable bonds is 6. The van der Waals surface area contributed by atoms with E-state index in [1.807, 2.05) is 55.8 Å². The first-order valence-electron chi connectivity index (χ1n) is 12.9. The first-order chi connectivity index (χ1) is 16.8. The highest BCUT2D eigenvalue weighted by atomic mass is 16.6. The molecule has 35 heavy (non-hydrogen) atoms. The van der Waals surface area contributed by atoms with E-state index in [9.17, 15) is 9.59 Å². The molecule has 190 valence electrons. The van der Waals surface area contributed by atoms with Gasteiger partial charge in [0.1, 0.15) is 5.60 Å². The minimum absolute atomic E-state index is 0.0697. The van der Waals surface area contributed by atoms with Crippen LogP contribution in [0.5, 0.6) is 0 Å². The van der Waals surface area contributed by atoms with Crippen molar-refractivity contribution in [3.63, 3.8) is 0 Å². The zero-order valence-electron chi connectivity index (χ0n) is 21.5. The normalized spacial score (nSPS) is 19.7. The number of amides is 2. The zero-order valence-corrected chi connectivity index (χ0v) is 21.5. The number of carbonyl (C=O) groups excluding carboxylic acids is 2. The van der Waals surface area contributed by atoms with Crippen LogP contribution in [0.3, 0.4) is 0 Å². The Morgan fingerprint density at radius 2 is 1.80 bits per heavy atom. The lowest BCUT2D eigenvalue weighted by Gasteiger charge is -2.34. The maximum atomic E-state index is 13.4. The number of hydrogen-bond acceptors (Lipinski definition) is 5. The molecule has 4 rings (SSSR count). The van der Waals surface area contributed by atoms with Gasteiger partial charge in [0.05, 0.1) is 23.1 Å². The number of aromatic nitrogens is 2. The second-order valence-electron chi connectivity index (χ2n) is 10.6. The maximum Gasteiger partial charge on any atom is 0.410 e. The molecule has 2 amide bonds. The summed E-state index contributed by atoms with van der Waals surface area (Å²) < 4.78 is 7.46. The lowest BCUT2D eigenvalue weighted by atomic mass is 9.90. The Morgan fingerprint density at radius 1 is 1.09 bits per heavy atom. The third kappa shape index (κ3) is 6.04. The molecule has 2 saturated heterocycles. The number of ether oxygens (including phenoxy) is 1. The molecule has 1 aromatic carbocycles. The number of carbonyl (C=O) groups is 2. The molecule has 2 aromatic rings. The minimum atomic E-state index is -0.516. The van der Waals surface area contributed by atoms with Crippen LogP contribution in [0.1, 0.15) is 75.3 Å². The van der Waals surface area contributed by atoms with E-state index >= 15 is 0 Å². The summed E-state index contributed by atoms with van der Waals surface area (Å²) in [6.07, 6.45) is 5.23. The molecule has 1 unspecified atom stereocenters. The molecule has 8 nitrogen and oxygen atoms in total.